The van der Waals surface area contributed by atoms with Gasteiger partial charge in [0.05, 0.1) is 25.7 Å². The zero-order valence-electron chi connectivity index (χ0n) is 23.7. The number of nitrogens with one attached hydrogen (secondary N) is 1. The van der Waals surface area contributed by atoms with Gasteiger partial charge in [0.2, 0.25) is 5.91 Å². The molecule has 206 valence electrons. The van der Waals surface area contributed by atoms with Crippen LogP contribution in [0.15, 0.2) is 66.7 Å². The van der Waals surface area contributed by atoms with Gasteiger partial charge in [0.1, 0.15) is 0 Å². The molecule has 0 aliphatic carbocycles. The number of methoxy groups -OCH3 is 1. The number of benzene rings is 3. The molecule has 1 N–H and O–H groups in total. The Hall–Kier alpha value is -3.51. The largest absolute Gasteiger partial charge is 0.493 e. The molecule has 3 atom stereocenters. The smallest absolute Gasteiger partial charge is 0.232 e. The Bertz CT molecular complexity index is 1260. The molecule has 3 unspecified atom stereocenters. The van der Waals surface area contributed by atoms with Crippen molar-refractivity contribution in [3.8, 4) is 11.5 Å². The van der Waals surface area contributed by atoms with Crippen LogP contribution in [0, 0.1) is 5.92 Å². The zero-order chi connectivity index (χ0) is 27.4. The summed E-state index contributed by atoms with van der Waals surface area (Å²) in [5.41, 5.74) is 5.19. The summed E-state index contributed by atoms with van der Waals surface area (Å²) in [6.07, 6.45) is 3.78. The SMILES string of the molecule is CCC(C)Oc1cc2c(cc1OC)CC(=O)N(c1ccc(N(C)CC3CCCNC3)cc1)C2c1ccccc1. The highest BCUT2D eigenvalue weighted by Gasteiger charge is 2.36. The molecule has 2 aliphatic rings. The molecule has 1 amide bonds. The molecule has 6 heteroatoms. The number of ether oxygens (including phenoxy) is 2. The molecule has 0 spiro atoms. The van der Waals surface area contributed by atoms with E-state index in [2.05, 4.69) is 73.6 Å². The van der Waals surface area contributed by atoms with Gasteiger partial charge in [-0.3, -0.25) is 4.79 Å². The fourth-order valence-electron chi connectivity index (χ4n) is 5.81. The molecule has 2 heterocycles. The number of fused-ring (bicyclic) bond motifs is 1. The minimum absolute atomic E-state index is 0.0578. The number of carbonyl (C=O) groups is 1. The van der Waals surface area contributed by atoms with Crippen molar-refractivity contribution in [2.75, 3.05) is 43.6 Å². The lowest BCUT2D eigenvalue weighted by Crippen LogP contribution is -2.41. The number of anilines is 2. The minimum Gasteiger partial charge on any atom is -0.493 e. The van der Waals surface area contributed by atoms with Crippen molar-refractivity contribution in [2.24, 2.45) is 5.92 Å². The number of piperidine rings is 1. The van der Waals surface area contributed by atoms with E-state index >= 15 is 0 Å². The average Bonchev–Trinajstić information content (AvgIpc) is 2.97. The van der Waals surface area contributed by atoms with Gasteiger partial charge in [-0.25, -0.2) is 0 Å². The highest BCUT2D eigenvalue weighted by Crippen LogP contribution is 2.43. The summed E-state index contributed by atoms with van der Waals surface area (Å²) in [5.74, 6) is 2.12. The summed E-state index contributed by atoms with van der Waals surface area (Å²) in [6.45, 7) is 7.40. The molecule has 39 heavy (non-hydrogen) atoms. The van der Waals surface area contributed by atoms with Crippen LogP contribution < -0.4 is 24.6 Å². The molecule has 3 aromatic rings. The second kappa shape index (κ2) is 12.1. The Morgan fingerprint density at radius 2 is 1.85 bits per heavy atom. The third kappa shape index (κ3) is 5.91. The van der Waals surface area contributed by atoms with E-state index in [0.717, 1.165) is 54.2 Å². The number of rotatable bonds is 9. The maximum absolute atomic E-state index is 13.8. The molecule has 6 nitrogen and oxygen atoms in total. The second-order valence-corrected chi connectivity index (χ2v) is 10.9. The molecule has 1 fully saturated rings. The highest BCUT2D eigenvalue weighted by molar-refractivity contribution is 5.98. The Morgan fingerprint density at radius 1 is 1.08 bits per heavy atom. The van der Waals surface area contributed by atoms with Gasteiger partial charge in [0, 0.05) is 25.0 Å². The molecule has 2 aliphatic heterocycles. The summed E-state index contributed by atoms with van der Waals surface area (Å²) in [6, 6.07) is 22.5. The third-order valence-electron chi connectivity index (χ3n) is 8.11. The highest BCUT2D eigenvalue weighted by atomic mass is 16.5. The van der Waals surface area contributed by atoms with E-state index in [1.165, 1.54) is 18.5 Å². The summed E-state index contributed by atoms with van der Waals surface area (Å²) < 4.78 is 11.9. The van der Waals surface area contributed by atoms with Gasteiger partial charge < -0.3 is 24.6 Å². The fraction of sp³-hybridized carbons (Fsp3) is 0.424. The van der Waals surface area contributed by atoms with Crippen molar-refractivity contribution < 1.29 is 14.3 Å². The quantitative estimate of drug-likeness (QED) is 0.371. The fourth-order valence-corrected chi connectivity index (χ4v) is 5.81. The van der Waals surface area contributed by atoms with Crippen LogP contribution >= 0.6 is 0 Å². The first-order chi connectivity index (χ1) is 19.0. The van der Waals surface area contributed by atoms with Crippen molar-refractivity contribution >= 4 is 17.3 Å². The Morgan fingerprint density at radius 3 is 2.51 bits per heavy atom. The number of hydrogen-bond donors (Lipinski definition) is 1. The Balaban J connectivity index is 1.50. The monoisotopic (exact) mass is 527 g/mol. The number of carbonyl (C=O) groups excluding carboxylic acids is 1. The van der Waals surface area contributed by atoms with Gasteiger partial charge >= 0.3 is 0 Å². The molecule has 0 bridgehead atoms. The van der Waals surface area contributed by atoms with Crippen molar-refractivity contribution in [2.45, 2.75) is 51.7 Å². The average molecular weight is 528 g/mol. The van der Waals surface area contributed by atoms with Crippen LogP contribution in [0.4, 0.5) is 11.4 Å². The minimum atomic E-state index is -0.260. The van der Waals surface area contributed by atoms with Gasteiger partial charge in [-0.05, 0) is 98.3 Å². The lowest BCUT2D eigenvalue weighted by molar-refractivity contribution is -0.118. The van der Waals surface area contributed by atoms with Crippen LogP contribution in [0.25, 0.3) is 0 Å². The van der Waals surface area contributed by atoms with Crippen LogP contribution in [0.3, 0.4) is 0 Å². The predicted octanol–water partition coefficient (Wildman–Crippen LogP) is 5.99. The van der Waals surface area contributed by atoms with Crippen molar-refractivity contribution in [3.63, 3.8) is 0 Å². The van der Waals surface area contributed by atoms with Gasteiger partial charge in [0.25, 0.3) is 0 Å². The molecule has 0 aromatic heterocycles. The predicted molar refractivity (Wildman–Crippen MR) is 158 cm³/mol. The molecule has 5 rings (SSSR count). The number of nitrogens with zero attached hydrogens (tertiary/aromatic N) is 2. The van der Waals surface area contributed by atoms with E-state index in [9.17, 15) is 4.79 Å². The zero-order valence-corrected chi connectivity index (χ0v) is 23.7. The van der Waals surface area contributed by atoms with E-state index < -0.39 is 0 Å². The summed E-state index contributed by atoms with van der Waals surface area (Å²) in [4.78, 5) is 18.0. The first-order valence-electron chi connectivity index (χ1n) is 14.2. The lowest BCUT2D eigenvalue weighted by atomic mass is 9.86. The molecule has 3 aromatic carbocycles. The first-order valence-corrected chi connectivity index (χ1v) is 14.2. The van der Waals surface area contributed by atoms with Crippen molar-refractivity contribution in [1.29, 1.82) is 0 Å². The number of hydrogen-bond acceptors (Lipinski definition) is 5. The Labute approximate surface area is 232 Å². The standard InChI is InChI=1S/C33H41N3O3/c1-5-23(2)39-31-20-29-26(18-30(31)38-4)19-32(37)36(33(29)25-11-7-6-8-12-25)28-15-13-27(14-16-28)35(3)22-24-10-9-17-34-21-24/h6-8,11-16,18,20,23-24,33-34H,5,9-10,17,19,21-22H2,1-4H3. The van der Waals surface area contributed by atoms with Crippen LogP contribution in [0.2, 0.25) is 0 Å². The first kappa shape index (κ1) is 27.1. The Kier molecular flexibility index (Phi) is 8.41. The van der Waals surface area contributed by atoms with Crippen LogP contribution in [-0.4, -0.2) is 45.8 Å². The maximum atomic E-state index is 13.8. The summed E-state index contributed by atoms with van der Waals surface area (Å²) >= 11 is 0. The lowest BCUT2D eigenvalue weighted by Gasteiger charge is -2.38. The molecule has 1 saturated heterocycles. The second-order valence-electron chi connectivity index (χ2n) is 10.9. The third-order valence-corrected chi connectivity index (χ3v) is 8.11. The normalized spacial score (nSPS) is 19.8. The van der Waals surface area contributed by atoms with Crippen molar-refractivity contribution in [3.05, 3.63) is 83.4 Å². The van der Waals surface area contributed by atoms with Crippen LogP contribution in [0.5, 0.6) is 11.5 Å². The van der Waals surface area contributed by atoms with Crippen LogP contribution in [-0.2, 0) is 11.2 Å². The van der Waals surface area contributed by atoms with Gasteiger partial charge in [-0.15, -0.1) is 0 Å². The molecular weight excluding hydrogens is 486 g/mol. The van der Waals surface area contributed by atoms with E-state index in [1.54, 1.807) is 7.11 Å². The number of amides is 1. The van der Waals surface area contributed by atoms with Crippen LogP contribution in [0.1, 0.15) is 55.8 Å². The van der Waals surface area contributed by atoms with Gasteiger partial charge in [-0.2, -0.15) is 0 Å². The van der Waals surface area contributed by atoms with E-state index in [4.69, 9.17) is 9.47 Å². The van der Waals surface area contributed by atoms with Gasteiger partial charge in [-0.1, -0.05) is 37.3 Å². The molecule has 0 radical (unpaired) electrons. The van der Waals surface area contributed by atoms with Gasteiger partial charge in [0.15, 0.2) is 11.5 Å². The topological polar surface area (TPSA) is 54.0 Å². The van der Waals surface area contributed by atoms with E-state index in [1.807, 2.05) is 29.2 Å². The van der Waals surface area contributed by atoms with E-state index in [0.29, 0.717) is 18.1 Å². The molecular formula is C33H41N3O3. The van der Waals surface area contributed by atoms with E-state index in [-0.39, 0.29) is 18.1 Å². The maximum Gasteiger partial charge on any atom is 0.232 e. The molecule has 0 saturated carbocycles. The van der Waals surface area contributed by atoms with Crippen molar-refractivity contribution in [1.82, 2.24) is 5.32 Å². The summed E-state index contributed by atoms with van der Waals surface area (Å²) in [7, 11) is 3.81. The summed E-state index contributed by atoms with van der Waals surface area (Å²) in [5, 5.41) is 3.51.